The Morgan fingerprint density at radius 1 is 0.623 bits per heavy atom. The maximum absolute atomic E-state index is 13.2. The Labute approximate surface area is 310 Å². The summed E-state index contributed by atoms with van der Waals surface area (Å²) in [5.74, 6) is -0.0253. The van der Waals surface area contributed by atoms with Crippen molar-refractivity contribution in [3.05, 3.63) is 48.0 Å². The first-order valence-corrected chi connectivity index (χ1v) is 20.9. The molecule has 2 aliphatic carbocycles. The van der Waals surface area contributed by atoms with Crippen LogP contribution in [0.3, 0.4) is 0 Å². The number of oxazole rings is 2. The van der Waals surface area contributed by atoms with Crippen molar-refractivity contribution in [1.29, 1.82) is 0 Å². The Hall–Kier alpha value is -3.38. The number of hydrogen-bond donors (Lipinski definition) is 4. The van der Waals surface area contributed by atoms with E-state index < -0.39 is 29.5 Å². The number of sulfonamides is 2. The molecule has 0 saturated heterocycles. The fraction of sp³-hybridized carbons (Fsp3) is 0.611. The molecule has 0 amide bonds. The molecule has 53 heavy (non-hydrogen) atoms. The Morgan fingerprint density at radius 2 is 0.962 bits per heavy atom. The molecule has 13 nitrogen and oxygen atoms in total. The van der Waals surface area contributed by atoms with Gasteiger partial charge in [-0.2, -0.15) is 9.97 Å². The van der Waals surface area contributed by atoms with E-state index in [1.54, 1.807) is 53.7 Å². The van der Waals surface area contributed by atoms with E-state index in [0.717, 1.165) is 51.4 Å². The van der Waals surface area contributed by atoms with E-state index in [1.807, 2.05) is 0 Å². The lowest BCUT2D eigenvalue weighted by molar-refractivity contribution is 0.333. The van der Waals surface area contributed by atoms with Gasteiger partial charge < -0.3 is 24.9 Å². The van der Waals surface area contributed by atoms with E-state index in [9.17, 15) is 25.6 Å². The number of anilines is 2. The lowest BCUT2D eigenvalue weighted by Crippen LogP contribution is -2.42. The van der Waals surface area contributed by atoms with Gasteiger partial charge in [-0.25, -0.2) is 35.1 Å². The Balaban J connectivity index is 0.000000232. The SMILES string of the molecule is CC(C)(C)S(=O)(=O)NCC1CCC(Nc2nc3ccc(F)cc3o2)CC1.CC(C)(C)S(=O)(=O)NCC1CCC(Nc2nc3ccc(F)cc3o2)CC1.O. The van der Waals surface area contributed by atoms with Gasteiger partial charge in [0.25, 0.3) is 12.0 Å². The molecule has 0 atom stereocenters. The van der Waals surface area contributed by atoms with Gasteiger partial charge in [0, 0.05) is 37.3 Å². The zero-order valence-electron chi connectivity index (χ0n) is 31.3. The summed E-state index contributed by atoms with van der Waals surface area (Å²) in [7, 11) is -6.60. The molecule has 2 saturated carbocycles. The van der Waals surface area contributed by atoms with Gasteiger partial charge >= 0.3 is 0 Å². The van der Waals surface area contributed by atoms with Gasteiger partial charge in [0.05, 0.1) is 9.49 Å². The van der Waals surface area contributed by atoms with Gasteiger partial charge in [-0.05, 0) is 129 Å². The molecule has 296 valence electrons. The minimum absolute atomic E-state index is 0. The van der Waals surface area contributed by atoms with Crippen LogP contribution in [0.5, 0.6) is 0 Å². The molecule has 0 unspecified atom stereocenters. The standard InChI is InChI=1S/2C18H26FN3O3S.H2O/c2*1-18(2,3)26(23,24)20-11-12-4-7-14(8-5-12)21-17-22-15-9-6-13(19)10-16(15)25-17;/h2*6,9-10,12,14,20H,4-5,7-8,11H2,1-3H3,(H,21,22);1H2. The third kappa shape index (κ3) is 11.3. The highest BCUT2D eigenvalue weighted by Gasteiger charge is 2.32. The lowest BCUT2D eigenvalue weighted by atomic mass is 9.86. The molecular formula is C36H54F2N6O7S2. The first kappa shape index (κ1) is 42.4. The summed E-state index contributed by atoms with van der Waals surface area (Å²) in [6, 6.07) is 9.82. The Kier molecular flexibility index (Phi) is 13.6. The van der Waals surface area contributed by atoms with E-state index in [2.05, 4.69) is 30.0 Å². The van der Waals surface area contributed by atoms with Crippen LogP contribution in [0.4, 0.5) is 20.8 Å². The maximum Gasteiger partial charge on any atom is 0.295 e. The van der Waals surface area contributed by atoms with Crippen LogP contribution in [-0.2, 0) is 20.0 Å². The van der Waals surface area contributed by atoms with E-state index in [1.165, 1.54) is 24.3 Å². The van der Waals surface area contributed by atoms with E-state index in [0.29, 0.717) is 59.2 Å². The smallest absolute Gasteiger partial charge is 0.295 e. The van der Waals surface area contributed by atoms with Crippen molar-refractivity contribution in [1.82, 2.24) is 19.4 Å². The van der Waals surface area contributed by atoms with Crippen molar-refractivity contribution in [2.45, 2.75) is 114 Å². The molecule has 0 bridgehead atoms. The number of fused-ring (bicyclic) bond motifs is 2. The second-order valence-corrected chi connectivity index (χ2v) is 21.0. The van der Waals surface area contributed by atoms with Crippen LogP contribution < -0.4 is 20.1 Å². The monoisotopic (exact) mass is 784 g/mol. The van der Waals surface area contributed by atoms with Gasteiger partial charge in [0.2, 0.25) is 20.0 Å². The third-order valence-electron chi connectivity index (χ3n) is 9.79. The van der Waals surface area contributed by atoms with Crippen LogP contribution in [0.1, 0.15) is 92.9 Å². The van der Waals surface area contributed by atoms with Gasteiger partial charge in [0.15, 0.2) is 11.2 Å². The van der Waals surface area contributed by atoms with Crippen molar-refractivity contribution < 1.29 is 39.9 Å². The first-order chi connectivity index (χ1) is 24.3. The van der Waals surface area contributed by atoms with Crippen LogP contribution >= 0.6 is 0 Å². The summed E-state index contributed by atoms with van der Waals surface area (Å²) in [4.78, 5) is 8.65. The zero-order valence-corrected chi connectivity index (χ0v) is 32.9. The average molecular weight is 785 g/mol. The van der Waals surface area contributed by atoms with Crippen molar-refractivity contribution >= 4 is 54.3 Å². The summed E-state index contributed by atoms with van der Waals surface area (Å²) >= 11 is 0. The molecule has 0 radical (unpaired) electrons. The number of halogens is 2. The highest BCUT2D eigenvalue weighted by molar-refractivity contribution is 7.91. The quantitative estimate of drug-likeness (QED) is 0.138. The molecule has 2 aliphatic rings. The molecule has 0 spiro atoms. The minimum Gasteiger partial charge on any atom is -0.423 e. The fourth-order valence-electron chi connectivity index (χ4n) is 6.18. The molecular weight excluding hydrogens is 731 g/mol. The van der Waals surface area contributed by atoms with Gasteiger partial charge in [-0.3, -0.25) is 0 Å². The van der Waals surface area contributed by atoms with Crippen molar-refractivity contribution in [2.24, 2.45) is 11.8 Å². The van der Waals surface area contributed by atoms with E-state index >= 15 is 0 Å². The van der Waals surface area contributed by atoms with Gasteiger partial charge in [0.1, 0.15) is 22.7 Å². The van der Waals surface area contributed by atoms with Gasteiger partial charge in [-0.1, -0.05) is 0 Å². The van der Waals surface area contributed by atoms with E-state index in [-0.39, 0.29) is 29.2 Å². The molecule has 2 heterocycles. The predicted octanol–water partition coefficient (Wildman–Crippen LogP) is 6.49. The fourth-order valence-corrected chi connectivity index (χ4v) is 7.96. The maximum atomic E-state index is 13.2. The third-order valence-corrected chi connectivity index (χ3v) is 14.1. The van der Waals surface area contributed by atoms with Crippen molar-refractivity contribution in [3.8, 4) is 0 Å². The van der Waals surface area contributed by atoms with Crippen molar-refractivity contribution in [3.63, 3.8) is 0 Å². The Bertz CT molecular complexity index is 1880. The summed E-state index contributed by atoms with van der Waals surface area (Å²) in [5.41, 5.74) is 2.11. The van der Waals surface area contributed by atoms with Gasteiger partial charge in [-0.15, -0.1) is 0 Å². The lowest BCUT2D eigenvalue weighted by Gasteiger charge is -2.29. The first-order valence-electron chi connectivity index (χ1n) is 17.9. The second kappa shape index (κ2) is 17.0. The molecule has 17 heteroatoms. The highest BCUT2D eigenvalue weighted by atomic mass is 32.2. The van der Waals surface area contributed by atoms with Crippen molar-refractivity contribution in [2.75, 3.05) is 23.7 Å². The number of hydrogen-bond acceptors (Lipinski definition) is 10. The highest BCUT2D eigenvalue weighted by Crippen LogP contribution is 2.30. The van der Waals surface area contributed by atoms with Crippen LogP contribution in [0.2, 0.25) is 0 Å². The van der Waals surface area contributed by atoms with E-state index in [4.69, 9.17) is 8.83 Å². The molecule has 2 aromatic carbocycles. The summed E-state index contributed by atoms with van der Waals surface area (Å²) in [6.07, 6.45) is 7.37. The predicted molar refractivity (Wildman–Crippen MR) is 204 cm³/mol. The minimum atomic E-state index is -3.30. The molecule has 2 fully saturated rings. The normalized spacial score (nSPS) is 21.4. The van der Waals surface area contributed by atoms with Crippen LogP contribution in [0, 0.1) is 23.5 Å². The number of benzene rings is 2. The van der Waals surface area contributed by atoms with Crippen LogP contribution in [0.15, 0.2) is 45.2 Å². The Morgan fingerprint density at radius 3 is 1.28 bits per heavy atom. The zero-order chi connectivity index (χ0) is 37.9. The number of nitrogens with zero attached hydrogens (tertiary/aromatic N) is 2. The number of aromatic nitrogens is 2. The summed E-state index contributed by atoms with van der Waals surface area (Å²) < 4.78 is 90.0. The molecule has 0 aliphatic heterocycles. The number of rotatable bonds is 10. The largest absolute Gasteiger partial charge is 0.423 e. The topological polar surface area (TPSA) is 200 Å². The van der Waals surface area contributed by atoms with Crippen LogP contribution in [0.25, 0.3) is 22.2 Å². The number of nitrogens with one attached hydrogen (secondary N) is 4. The molecule has 6 N–H and O–H groups in total. The second-order valence-electron chi connectivity index (χ2n) is 15.9. The van der Waals surface area contributed by atoms with Crippen LogP contribution in [-0.4, -0.2) is 66.9 Å². The molecule has 2 aromatic heterocycles. The summed E-state index contributed by atoms with van der Waals surface area (Å²) in [6.45, 7) is 11.1. The molecule has 6 rings (SSSR count). The molecule has 4 aromatic rings. The average Bonchev–Trinajstić information content (AvgIpc) is 3.65. The summed E-state index contributed by atoms with van der Waals surface area (Å²) in [5, 5.41) is 6.54.